The van der Waals surface area contributed by atoms with Gasteiger partial charge in [-0.3, -0.25) is 4.98 Å². The minimum Gasteiger partial charge on any atom is -0.491 e. The molecule has 3 heterocycles. The monoisotopic (exact) mass is 456 g/mol. The van der Waals surface area contributed by atoms with Crippen LogP contribution in [0.1, 0.15) is 24.7 Å². The molecule has 1 aliphatic rings. The molecule has 1 unspecified atom stereocenters. The predicted octanol–water partition coefficient (Wildman–Crippen LogP) is 4.42. The molecule has 0 bridgehead atoms. The summed E-state index contributed by atoms with van der Waals surface area (Å²) in [6.07, 6.45) is 3.00. The second-order valence-corrected chi connectivity index (χ2v) is 8.60. The van der Waals surface area contributed by atoms with E-state index in [0.29, 0.717) is 24.0 Å². The first-order valence-corrected chi connectivity index (χ1v) is 11.7. The van der Waals surface area contributed by atoms with Crippen LogP contribution in [0.25, 0.3) is 22.6 Å². The van der Waals surface area contributed by atoms with Crippen LogP contribution in [0.3, 0.4) is 0 Å². The van der Waals surface area contributed by atoms with Crippen molar-refractivity contribution in [3.63, 3.8) is 0 Å². The number of piperidine rings is 1. The van der Waals surface area contributed by atoms with Gasteiger partial charge in [0.15, 0.2) is 0 Å². The molecule has 0 spiro atoms. The van der Waals surface area contributed by atoms with E-state index >= 15 is 0 Å². The molecule has 1 aliphatic heterocycles. The summed E-state index contributed by atoms with van der Waals surface area (Å²) in [5, 5.41) is 14.6. The van der Waals surface area contributed by atoms with Crippen LogP contribution in [0, 0.1) is 0 Å². The van der Waals surface area contributed by atoms with E-state index in [2.05, 4.69) is 32.2 Å². The van der Waals surface area contributed by atoms with Crippen molar-refractivity contribution >= 4 is 0 Å². The highest BCUT2D eigenvalue weighted by Crippen LogP contribution is 2.28. The molecule has 0 aliphatic carbocycles. The third-order valence-corrected chi connectivity index (χ3v) is 6.15. The minimum absolute atomic E-state index is 0.234. The molecule has 1 atom stereocenters. The molecule has 0 radical (unpaired) electrons. The number of likely N-dealkylation sites (tertiary alicyclic amines) is 1. The lowest BCUT2D eigenvalue weighted by atomic mass is 9.96. The van der Waals surface area contributed by atoms with Gasteiger partial charge in [-0.25, -0.2) is 0 Å². The van der Waals surface area contributed by atoms with Crippen molar-refractivity contribution in [3.8, 4) is 28.4 Å². The van der Waals surface area contributed by atoms with Crippen LogP contribution in [0.5, 0.6) is 5.75 Å². The van der Waals surface area contributed by atoms with Crippen molar-refractivity contribution in [1.82, 2.24) is 20.0 Å². The zero-order valence-corrected chi connectivity index (χ0v) is 19.0. The third-order valence-electron chi connectivity index (χ3n) is 6.15. The minimum atomic E-state index is -0.551. The average Bonchev–Trinajstić information content (AvgIpc) is 3.40. The lowest BCUT2D eigenvalue weighted by Crippen LogP contribution is -2.40. The Balaban J connectivity index is 1.06. The second kappa shape index (κ2) is 10.6. The fraction of sp³-hybridized carbons (Fsp3) is 0.296. The smallest absolute Gasteiger partial charge is 0.230 e. The number of aliphatic hydroxyl groups is 1. The normalized spacial score (nSPS) is 15.8. The molecular formula is C27H28N4O3. The first-order chi connectivity index (χ1) is 16.7. The van der Waals surface area contributed by atoms with Crippen molar-refractivity contribution in [1.29, 1.82) is 0 Å². The Morgan fingerprint density at radius 3 is 2.41 bits per heavy atom. The van der Waals surface area contributed by atoms with Gasteiger partial charge in [-0.15, -0.1) is 0 Å². The molecule has 2 aromatic heterocycles. The molecule has 2 aromatic carbocycles. The van der Waals surface area contributed by atoms with Crippen LogP contribution >= 0.6 is 0 Å². The summed E-state index contributed by atoms with van der Waals surface area (Å²) in [6, 6.07) is 23.9. The Morgan fingerprint density at radius 1 is 0.941 bits per heavy atom. The molecule has 1 N–H and O–H groups in total. The van der Waals surface area contributed by atoms with E-state index in [0.717, 1.165) is 37.2 Å². The fourth-order valence-electron chi connectivity index (χ4n) is 4.28. The quantitative estimate of drug-likeness (QED) is 0.420. The van der Waals surface area contributed by atoms with Crippen LogP contribution < -0.4 is 4.74 Å². The van der Waals surface area contributed by atoms with Gasteiger partial charge in [0.1, 0.15) is 24.2 Å². The second-order valence-electron chi connectivity index (χ2n) is 8.60. The van der Waals surface area contributed by atoms with Crippen LogP contribution in [0.2, 0.25) is 0 Å². The highest BCUT2D eigenvalue weighted by molar-refractivity contribution is 5.63. The predicted molar refractivity (Wildman–Crippen MR) is 129 cm³/mol. The third kappa shape index (κ3) is 5.50. The number of benzene rings is 2. The van der Waals surface area contributed by atoms with Gasteiger partial charge in [0.25, 0.3) is 0 Å². The Labute approximate surface area is 199 Å². The molecule has 7 heteroatoms. The Bertz CT molecular complexity index is 1160. The summed E-state index contributed by atoms with van der Waals surface area (Å²) >= 11 is 0. The molecular weight excluding hydrogens is 428 g/mol. The SMILES string of the molecule is OC(COc1ccc(-c2ccccc2)cc1)CN1CCC(c2nc(-c3ccccn3)no2)CC1. The lowest BCUT2D eigenvalue weighted by Gasteiger charge is -2.31. The highest BCUT2D eigenvalue weighted by atomic mass is 16.5. The first kappa shape index (κ1) is 22.3. The van der Waals surface area contributed by atoms with Gasteiger partial charge < -0.3 is 19.3 Å². The summed E-state index contributed by atoms with van der Waals surface area (Å²) in [4.78, 5) is 11.1. The molecule has 7 nitrogen and oxygen atoms in total. The number of aliphatic hydroxyl groups excluding tert-OH is 1. The number of pyridine rings is 1. The Hall–Kier alpha value is -3.55. The molecule has 1 saturated heterocycles. The standard InChI is InChI=1S/C27H28N4O3/c32-23(19-33-24-11-9-21(10-12-24)20-6-2-1-3-7-20)18-31-16-13-22(14-17-31)27-29-26(30-34-27)25-8-4-5-15-28-25/h1-12,15,22-23,32H,13-14,16-19H2. The number of rotatable bonds is 8. The first-order valence-electron chi connectivity index (χ1n) is 11.7. The molecule has 0 saturated carbocycles. The lowest BCUT2D eigenvalue weighted by molar-refractivity contribution is 0.0579. The van der Waals surface area contributed by atoms with Gasteiger partial charge in [0.05, 0.1) is 0 Å². The zero-order valence-electron chi connectivity index (χ0n) is 19.0. The van der Waals surface area contributed by atoms with Gasteiger partial charge in [0, 0.05) is 18.7 Å². The molecule has 5 rings (SSSR count). The maximum absolute atomic E-state index is 10.5. The van der Waals surface area contributed by atoms with Gasteiger partial charge >= 0.3 is 0 Å². The summed E-state index contributed by atoms with van der Waals surface area (Å²) in [5.74, 6) is 2.20. The van der Waals surface area contributed by atoms with E-state index in [1.807, 2.05) is 60.7 Å². The number of β-amino-alcohol motifs (C(OH)–C–C–N with tert-alkyl or cyclic N) is 1. The van der Waals surface area contributed by atoms with Crippen molar-refractivity contribution < 1.29 is 14.4 Å². The van der Waals surface area contributed by atoms with Gasteiger partial charge in [0.2, 0.25) is 11.7 Å². The van der Waals surface area contributed by atoms with E-state index in [1.54, 1.807) is 6.20 Å². The van der Waals surface area contributed by atoms with Crippen LogP contribution in [0.4, 0.5) is 0 Å². The summed E-state index contributed by atoms with van der Waals surface area (Å²) in [6.45, 7) is 2.59. The molecule has 174 valence electrons. The van der Waals surface area contributed by atoms with Crippen molar-refractivity contribution in [2.24, 2.45) is 0 Å². The molecule has 0 amide bonds. The van der Waals surface area contributed by atoms with Crippen LogP contribution in [0.15, 0.2) is 83.5 Å². The van der Waals surface area contributed by atoms with E-state index < -0.39 is 6.10 Å². The molecule has 34 heavy (non-hydrogen) atoms. The number of hydrogen-bond acceptors (Lipinski definition) is 7. The zero-order chi connectivity index (χ0) is 23.2. The van der Waals surface area contributed by atoms with Crippen molar-refractivity contribution in [2.45, 2.75) is 24.9 Å². The number of ether oxygens (including phenoxy) is 1. The van der Waals surface area contributed by atoms with E-state index in [9.17, 15) is 5.11 Å². The van der Waals surface area contributed by atoms with Gasteiger partial charge in [-0.05, 0) is 61.3 Å². The highest BCUT2D eigenvalue weighted by Gasteiger charge is 2.26. The van der Waals surface area contributed by atoms with Crippen LogP contribution in [-0.4, -0.2) is 57.5 Å². The Kier molecular flexibility index (Phi) is 6.93. The summed E-state index contributed by atoms with van der Waals surface area (Å²) < 4.78 is 11.3. The largest absolute Gasteiger partial charge is 0.491 e. The topological polar surface area (TPSA) is 84.5 Å². The van der Waals surface area contributed by atoms with Crippen molar-refractivity contribution in [2.75, 3.05) is 26.2 Å². The number of nitrogens with zero attached hydrogens (tertiary/aromatic N) is 4. The van der Waals surface area contributed by atoms with Crippen molar-refractivity contribution in [3.05, 3.63) is 84.9 Å². The summed E-state index contributed by atoms with van der Waals surface area (Å²) in [5.41, 5.74) is 3.03. The maximum atomic E-state index is 10.5. The van der Waals surface area contributed by atoms with E-state index in [4.69, 9.17) is 9.26 Å². The van der Waals surface area contributed by atoms with E-state index in [1.165, 1.54) is 5.56 Å². The molecule has 1 fully saturated rings. The Morgan fingerprint density at radius 2 is 1.68 bits per heavy atom. The fourth-order valence-corrected chi connectivity index (χ4v) is 4.28. The number of hydrogen-bond donors (Lipinski definition) is 1. The van der Waals surface area contributed by atoms with E-state index in [-0.39, 0.29) is 12.5 Å². The van der Waals surface area contributed by atoms with Gasteiger partial charge in [-0.2, -0.15) is 4.98 Å². The van der Waals surface area contributed by atoms with Gasteiger partial charge in [-0.1, -0.05) is 53.7 Å². The summed E-state index contributed by atoms with van der Waals surface area (Å²) in [7, 11) is 0. The maximum Gasteiger partial charge on any atom is 0.230 e. The molecule has 4 aromatic rings. The average molecular weight is 457 g/mol. The number of aromatic nitrogens is 3. The van der Waals surface area contributed by atoms with Crippen LogP contribution in [-0.2, 0) is 0 Å².